The number of methoxy groups -OCH3 is 2. The summed E-state index contributed by atoms with van der Waals surface area (Å²) in [5.41, 5.74) is 1.55. The molecule has 2 rings (SSSR count). The van der Waals surface area contributed by atoms with Crippen molar-refractivity contribution in [2.24, 2.45) is 0 Å². The molecular weight excluding hydrogens is 353 g/mol. The van der Waals surface area contributed by atoms with Crippen LogP contribution in [0.15, 0.2) is 30.3 Å². The van der Waals surface area contributed by atoms with E-state index in [4.69, 9.17) is 9.47 Å². The van der Waals surface area contributed by atoms with Gasteiger partial charge in [-0.05, 0) is 54.8 Å². The molecule has 2 aromatic rings. The van der Waals surface area contributed by atoms with E-state index in [2.05, 4.69) is 0 Å². The van der Waals surface area contributed by atoms with E-state index >= 15 is 0 Å². The van der Waals surface area contributed by atoms with Crippen molar-refractivity contribution in [1.82, 2.24) is 4.90 Å². The van der Waals surface area contributed by atoms with Gasteiger partial charge in [0, 0.05) is 18.2 Å². The van der Waals surface area contributed by atoms with Crippen molar-refractivity contribution in [2.45, 2.75) is 20.4 Å². The standard InChI is InChI=1S/C20H22FNO5/c1-12-5-15(6-13(2)19(12)21)20(25)22(11-18(23)24)10-14-7-16(26-3)9-17(8-14)27-4/h5-9H,10-11H2,1-4H3,(H,23,24). The normalized spacial score (nSPS) is 10.4. The highest BCUT2D eigenvalue weighted by molar-refractivity contribution is 5.96. The largest absolute Gasteiger partial charge is 0.497 e. The molecule has 1 N–H and O–H groups in total. The summed E-state index contributed by atoms with van der Waals surface area (Å²) < 4.78 is 24.3. The minimum Gasteiger partial charge on any atom is -0.497 e. The van der Waals surface area contributed by atoms with Crippen LogP contribution in [-0.4, -0.2) is 42.6 Å². The van der Waals surface area contributed by atoms with Crippen LogP contribution in [0.4, 0.5) is 4.39 Å². The number of aryl methyl sites for hydroxylation is 2. The molecule has 0 atom stereocenters. The molecule has 0 aromatic heterocycles. The molecule has 0 aliphatic carbocycles. The molecule has 7 heteroatoms. The van der Waals surface area contributed by atoms with Crippen molar-refractivity contribution in [3.8, 4) is 11.5 Å². The Balaban J connectivity index is 2.38. The lowest BCUT2D eigenvalue weighted by atomic mass is 10.0. The molecule has 0 saturated carbocycles. The molecule has 0 heterocycles. The van der Waals surface area contributed by atoms with Crippen LogP contribution in [0, 0.1) is 19.7 Å². The van der Waals surface area contributed by atoms with Gasteiger partial charge in [0.25, 0.3) is 5.91 Å². The number of carboxylic acid groups (broad SMARTS) is 1. The Morgan fingerprint density at radius 3 is 1.96 bits per heavy atom. The highest BCUT2D eigenvalue weighted by Crippen LogP contribution is 2.24. The molecule has 1 amide bonds. The molecule has 0 fully saturated rings. The fraction of sp³-hybridized carbons (Fsp3) is 0.300. The van der Waals surface area contributed by atoms with Gasteiger partial charge in [-0.25, -0.2) is 4.39 Å². The number of carbonyl (C=O) groups excluding carboxylic acids is 1. The van der Waals surface area contributed by atoms with Gasteiger partial charge in [0.2, 0.25) is 0 Å². The fourth-order valence-electron chi connectivity index (χ4n) is 2.79. The first-order valence-electron chi connectivity index (χ1n) is 8.25. The van der Waals surface area contributed by atoms with Crippen molar-refractivity contribution < 1.29 is 28.6 Å². The third-order valence-electron chi connectivity index (χ3n) is 4.08. The van der Waals surface area contributed by atoms with Crippen molar-refractivity contribution in [3.05, 3.63) is 58.4 Å². The van der Waals surface area contributed by atoms with Gasteiger partial charge in [-0.1, -0.05) is 0 Å². The van der Waals surface area contributed by atoms with Crippen LogP contribution in [0.2, 0.25) is 0 Å². The minimum absolute atomic E-state index is 0.0359. The lowest BCUT2D eigenvalue weighted by molar-refractivity contribution is -0.137. The van der Waals surface area contributed by atoms with Crippen LogP contribution in [0.5, 0.6) is 11.5 Å². The van der Waals surface area contributed by atoms with Gasteiger partial charge >= 0.3 is 5.97 Å². The number of benzene rings is 2. The van der Waals surface area contributed by atoms with Gasteiger partial charge in [0.05, 0.1) is 14.2 Å². The Hall–Kier alpha value is -3.09. The smallest absolute Gasteiger partial charge is 0.323 e. The number of rotatable bonds is 7. The summed E-state index contributed by atoms with van der Waals surface area (Å²) in [7, 11) is 3.01. The third-order valence-corrected chi connectivity index (χ3v) is 4.08. The molecule has 144 valence electrons. The Morgan fingerprint density at radius 1 is 1.00 bits per heavy atom. The summed E-state index contributed by atoms with van der Waals surface area (Å²) in [6, 6.07) is 7.93. The molecule has 0 spiro atoms. The quantitative estimate of drug-likeness (QED) is 0.804. The van der Waals surface area contributed by atoms with E-state index in [9.17, 15) is 19.1 Å². The lowest BCUT2D eigenvalue weighted by Crippen LogP contribution is -2.35. The van der Waals surface area contributed by atoms with E-state index < -0.39 is 18.4 Å². The first-order valence-corrected chi connectivity index (χ1v) is 8.25. The van der Waals surface area contributed by atoms with Crippen LogP contribution >= 0.6 is 0 Å². The number of aliphatic carboxylic acids is 1. The van der Waals surface area contributed by atoms with Gasteiger partial charge in [-0.15, -0.1) is 0 Å². The highest BCUT2D eigenvalue weighted by Gasteiger charge is 2.21. The zero-order valence-corrected chi connectivity index (χ0v) is 15.7. The summed E-state index contributed by atoms with van der Waals surface area (Å²) >= 11 is 0. The maximum absolute atomic E-state index is 13.9. The van der Waals surface area contributed by atoms with E-state index in [1.165, 1.54) is 31.3 Å². The average molecular weight is 375 g/mol. The number of hydrogen-bond acceptors (Lipinski definition) is 4. The lowest BCUT2D eigenvalue weighted by Gasteiger charge is -2.22. The molecule has 2 aromatic carbocycles. The predicted molar refractivity (Wildman–Crippen MR) is 97.8 cm³/mol. The van der Waals surface area contributed by atoms with Crippen molar-refractivity contribution in [1.29, 1.82) is 0 Å². The number of ether oxygens (including phenoxy) is 2. The van der Waals surface area contributed by atoms with E-state index in [1.807, 2.05) is 0 Å². The van der Waals surface area contributed by atoms with E-state index in [1.54, 1.807) is 32.0 Å². The average Bonchev–Trinajstić information content (AvgIpc) is 2.63. The van der Waals surface area contributed by atoms with Crippen LogP contribution in [0.25, 0.3) is 0 Å². The van der Waals surface area contributed by atoms with Crippen molar-refractivity contribution in [3.63, 3.8) is 0 Å². The molecule has 27 heavy (non-hydrogen) atoms. The van der Waals surface area contributed by atoms with Gasteiger partial charge < -0.3 is 19.5 Å². The van der Waals surface area contributed by atoms with Crippen LogP contribution < -0.4 is 9.47 Å². The first kappa shape index (κ1) is 20.2. The van der Waals surface area contributed by atoms with Crippen LogP contribution in [0.3, 0.4) is 0 Å². The number of halogens is 1. The Bertz CT molecular complexity index is 820. The van der Waals surface area contributed by atoms with Crippen molar-refractivity contribution in [2.75, 3.05) is 20.8 Å². The van der Waals surface area contributed by atoms with E-state index in [0.717, 1.165) is 0 Å². The summed E-state index contributed by atoms with van der Waals surface area (Å²) in [5, 5.41) is 9.21. The van der Waals surface area contributed by atoms with Gasteiger partial charge in [-0.3, -0.25) is 9.59 Å². The molecule has 6 nitrogen and oxygen atoms in total. The number of hydrogen-bond donors (Lipinski definition) is 1. The zero-order chi connectivity index (χ0) is 20.1. The zero-order valence-electron chi connectivity index (χ0n) is 15.7. The number of nitrogens with zero attached hydrogens (tertiary/aromatic N) is 1. The van der Waals surface area contributed by atoms with Crippen molar-refractivity contribution >= 4 is 11.9 Å². The molecule has 0 radical (unpaired) electrons. The second-order valence-electron chi connectivity index (χ2n) is 6.20. The second kappa shape index (κ2) is 8.53. The SMILES string of the molecule is COc1cc(CN(CC(=O)O)C(=O)c2cc(C)c(F)c(C)c2)cc(OC)c1. The van der Waals surface area contributed by atoms with Crippen LogP contribution in [-0.2, 0) is 11.3 Å². The summed E-state index contributed by atoms with van der Waals surface area (Å²) in [6.07, 6.45) is 0. The summed E-state index contributed by atoms with van der Waals surface area (Å²) in [6.45, 7) is 2.67. The Morgan fingerprint density at radius 2 is 1.52 bits per heavy atom. The highest BCUT2D eigenvalue weighted by atomic mass is 19.1. The third kappa shape index (κ3) is 4.97. The maximum Gasteiger partial charge on any atom is 0.323 e. The van der Waals surface area contributed by atoms with Gasteiger partial charge in [-0.2, -0.15) is 0 Å². The maximum atomic E-state index is 13.9. The molecule has 0 aliphatic rings. The van der Waals surface area contributed by atoms with E-state index in [0.29, 0.717) is 28.2 Å². The van der Waals surface area contributed by atoms with Gasteiger partial charge in [0.1, 0.15) is 23.9 Å². The Kier molecular flexibility index (Phi) is 6.39. The first-order chi connectivity index (χ1) is 12.7. The topological polar surface area (TPSA) is 76.1 Å². The van der Waals surface area contributed by atoms with Gasteiger partial charge in [0.15, 0.2) is 0 Å². The monoisotopic (exact) mass is 375 g/mol. The summed E-state index contributed by atoms with van der Waals surface area (Å²) in [4.78, 5) is 25.3. The second-order valence-corrected chi connectivity index (χ2v) is 6.20. The molecule has 0 saturated heterocycles. The number of amides is 1. The molecular formula is C20H22FNO5. The van der Waals surface area contributed by atoms with E-state index in [-0.39, 0.29) is 17.9 Å². The van der Waals surface area contributed by atoms with Crippen LogP contribution in [0.1, 0.15) is 27.0 Å². The predicted octanol–water partition coefficient (Wildman–Crippen LogP) is 3.19. The summed E-state index contributed by atoms with van der Waals surface area (Å²) in [5.74, 6) is -0.964. The minimum atomic E-state index is -1.14. The molecule has 0 unspecified atom stereocenters. The molecule has 0 aliphatic heterocycles. The number of carbonyl (C=O) groups is 2. The Labute approximate surface area is 157 Å². The molecule has 0 bridgehead atoms. The fourth-order valence-corrected chi connectivity index (χ4v) is 2.79. The number of carboxylic acids is 1.